The smallest absolute Gasteiger partial charge is 0.153 e. The Labute approximate surface area is 557 Å². The summed E-state index contributed by atoms with van der Waals surface area (Å²) in [5.74, 6) is 3.56. The van der Waals surface area contributed by atoms with E-state index >= 15 is 0 Å². The minimum atomic E-state index is -0.187. The molecule has 2 unspecified atom stereocenters. The van der Waals surface area contributed by atoms with Crippen LogP contribution in [0.15, 0.2) is 77.9 Å². The van der Waals surface area contributed by atoms with Crippen LogP contribution in [0.1, 0.15) is 278 Å². The van der Waals surface area contributed by atoms with Crippen molar-refractivity contribution in [3.05, 3.63) is 70.8 Å². The first-order valence-corrected chi connectivity index (χ1v) is 37.6. The molecule has 10 nitrogen and oxygen atoms in total. The van der Waals surface area contributed by atoms with Crippen LogP contribution in [-0.4, -0.2) is 36.9 Å². The molecule has 0 aromatic heterocycles. The van der Waals surface area contributed by atoms with Crippen LogP contribution < -0.4 is 30.4 Å². The molecule has 4 rings (SSSR count). The Balaban J connectivity index is 0.000000471. The molecule has 0 radical (unpaired) electrons. The second-order valence-electron chi connectivity index (χ2n) is 24.4. The van der Waals surface area contributed by atoms with Crippen molar-refractivity contribution in [3.63, 3.8) is 0 Å². The quantitative estimate of drug-likeness (QED) is 0.0242. The number of hydrogen-bond donors (Lipinski definition) is 2. The molecule has 490 valence electrons. The van der Waals surface area contributed by atoms with Gasteiger partial charge in [-0.1, -0.05) is 271 Å². The highest BCUT2D eigenvalue weighted by Crippen LogP contribution is 2.55. The summed E-state index contributed by atoms with van der Waals surface area (Å²) >= 11 is 6.33. The van der Waals surface area contributed by atoms with Gasteiger partial charge in [0, 0.05) is 25.9 Å². The number of thioether (sulfide) groups is 2. The Morgan fingerprint density at radius 1 is 0.404 bits per heavy atom. The van der Waals surface area contributed by atoms with E-state index in [0.29, 0.717) is 72.6 Å². The van der Waals surface area contributed by atoms with Crippen LogP contribution in [0, 0.1) is 57.2 Å². The van der Waals surface area contributed by atoms with E-state index in [0.717, 1.165) is 119 Å². The van der Waals surface area contributed by atoms with Crippen molar-refractivity contribution in [2.75, 3.05) is 43.6 Å². The summed E-state index contributed by atoms with van der Waals surface area (Å²) in [4.78, 5) is 5.11. The molecule has 4 aromatic carbocycles. The van der Waals surface area contributed by atoms with Gasteiger partial charge in [0.2, 0.25) is 0 Å². The van der Waals surface area contributed by atoms with E-state index in [4.69, 9.17) is 30.4 Å². The number of anilines is 2. The minimum Gasteiger partial charge on any atom is -0.491 e. The molecule has 0 saturated carbocycles. The number of nitrogen functional groups attached to an aromatic ring is 2. The first kappa shape index (κ1) is 78.3. The summed E-state index contributed by atoms with van der Waals surface area (Å²) in [7, 11) is 0. The van der Waals surface area contributed by atoms with Gasteiger partial charge in [0.15, 0.2) is 23.0 Å². The van der Waals surface area contributed by atoms with Gasteiger partial charge in [0.05, 0.1) is 46.0 Å². The number of nitriles is 4. The predicted molar refractivity (Wildman–Crippen MR) is 381 cm³/mol. The minimum absolute atomic E-state index is 0.187. The molecule has 4 aromatic rings. The first-order valence-electron chi connectivity index (χ1n) is 34.2. The van der Waals surface area contributed by atoms with Crippen LogP contribution >= 0.6 is 47.0 Å². The highest BCUT2D eigenvalue weighted by Gasteiger charge is 2.32. The van der Waals surface area contributed by atoms with E-state index in [-0.39, 0.29) is 27.0 Å². The van der Waals surface area contributed by atoms with E-state index in [9.17, 15) is 21.0 Å². The van der Waals surface area contributed by atoms with Gasteiger partial charge < -0.3 is 30.4 Å². The lowest BCUT2D eigenvalue weighted by atomic mass is 10.00. The number of ether oxygens (including phenoxy) is 4. The monoisotopic (exact) mass is 1290 g/mol. The lowest BCUT2D eigenvalue weighted by molar-refractivity contribution is 0.218. The molecule has 89 heavy (non-hydrogen) atoms. The Kier molecular flexibility index (Phi) is 41.3. The fraction of sp³-hybridized carbons (Fsp3) is 0.627. The van der Waals surface area contributed by atoms with E-state index < -0.39 is 0 Å². The summed E-state index contributed by atoms with van der Waals surface area (Å²) < 4.78 is 25.9. The number of hydrogen-bond acceptors (Lipinski definition) is 14. The zero-order valence-electron chi connectivity index (χ0n) is 56.5. The fourth-order valence-electron chi connectivity index (χ4n) is 10.3. The molecule has 0 saturated heterocycles. The average Bonchev–Trinajstić information content (AvgIpc) is 1.11. The molecule has 2 atom stereocenters. The van der Waals surface area contributed by atoms with E-state index in [1.807, 2.05) is 48.5 Å². The maximum absolute atomic E-state index is 10.4. The van der Waals surface area contributed by atoms with Crippen molar-refractivity contribution in [3.8, 4) is 47.3 Å². The summed E-state index contributed by atoms with van der Waals surface area (Å²) in [6, 6.07) is 24.8. The molecular formula is C75H112N6O4S4. The van der Waals surface area contributed by atoms with E-state index in [2.05, 4.69) is 93.5 Å². The molecule has 4 N–H and O–H groups in total. The lowest BCUT2D eigenvalue weighted by Gasteiger charge is -2.27. The Bertz CT molecular complexity index is 2810. The second kappa shape index (κ2) is 47.0. The maximum atomic E-state index is 10.4. The third kappa shape index (κ3) is 28.6. The predicted octanol–water partition coefficient (Wildman–Crippen LogP) is 23.5. The van der Waals surface area contributed by atoms with Crippen molar-refractivity contribution >= 4 is 58.4 Å². The molecule has 0 amide bonds. The van der Waals surface area contributed by atoms with Crippen LogP contribution in [0.25, 0.3) is 0 Å². The van der Waals surface area contributed by atoms with Crippen molar-refractivity contribution in [1.82, 2.24) is 0 Å². The zero-order chi connectivity index (χ0) is 65.1. The molecule has 0 fully saturated rings. The molecule has 0 aliphatic carbocycles. The third-order valence-corrected chi connectivity index (χ3v) is 20.8. The van der Waals surface area contributed by atoms with Crippen molar-refractivity contribution < 1.29 is 18.9 Å². The number of unbranched alkanes of at least 4 members (excludes halogenated alkanes) is 20. The van der Waals surface area contributed by atoms with E-state index in [1.54, 1.807) is 23.5 Å². The van der Waals surface area contributed by atoms with Crippen molar-refractivity contribution in [1.29, 1.82) is 21.0 Å². The summed E-state index contributed by atoms with van der Waals surface area (Å²) in [5.41, 5.74) is 15.2. The molecule has 0 heterocycles. The van der Waals surface area contributed by atoms with Crippen LogP contribution in [0.4, 0.5) is 11.4 Å². The van der Waals surface area contributed by atoms with Crippen molar-refractivity contribution in [2.45, 2.75) is 290 Å². The summed E-state index contributed by atoms with van der Waals surface area (Å²) in [5, 5.41) is 41.7. The average molecular weight is 1290 g/mol. The molecule has 14 heteroatoms. The molecule has 0 aliphatic heterocycles. The number of rotatable bonds is 46. The number of nitrogens with two attached hydrogens (primary N) is 2. The van der Waals surface area contributed by atoms with Crippen LogP contribution in [0.3, 0.4) is 0 Å². The zero-order valence-corrected chi connectivity index (χ0v) is 59.8. The lowest BCUT2D eigenvalue weighted by Crippen LogP contribution is -2.16. The number of para-hydroxylation sites is 2. The van der Waals surface area contributed by atoms with Gasteiger partial charge in [0.25, 0.3) is 0 Å². The second-order valence-corrected chi connectivity index (χ2v) is 29.5. The highest BCUT2D eigenvalue weighted by molar-refractivity contribution is 8.03. The van der Waals surface area contributed by atoms with Crippen LogP contribution in [-0.2, 0) is 0 Å². The maximum Gasteiger partial charge on any atom is 0.153 e. The Hall–Kier alpha value is -4.96. The van der Waals surface area contributed by atoms with Crippen LogP contribution in [0.5, 0.6) is 23.0 Å². The third-order valence-electron chi connectivity index (χ3n) is 15.7. The summed E-state index contributed by atoms with van der Waals surface area (Å²) in [6.45, 7) is 23.9. The standard InChI is InChI=1S/C41H63N3O2S2.C34H49N3O2S2/c1-4-7-9-11-13-15-17-19-21-25-29-45-38-34(32-42)35(33-43)39(46-30-26-22-20-18-16-14-12-10-8-5-2)41(40(38)47-31-6-3)48-37-28-24-23-27-36(37)44;1-8-12-16-24(10-3)22-38-30-26(20-35)27(21-36)31(39-23-25(11-4)17-13-9-2)33(41-34(5,6)7)32(30)40-29-19-15-14-18-28(29)37/h23-24,27-28H,4-22,25-26,29-31,44H2,1-3H3;14-15,18-19,24-25H,8-13,16-17,22-23,37H2,1-7H3. The Morgan fingerprint density at radius 3 is 1.07 bits per heavy atom. The van der Waals surface area contributed by atoms with Gasteiger partial charge >= 0.3 is 0 Å². The van der Waals surface area contributed by atoms with Gasteiger partial charge in [-0.05, 0) is 74.0 Å². The first-order chi connectivity index (χ1) is 43.3. The number of nitrogens with zero attached hydrogens (tertiary/aromatic N) is 4. The van der Waals surface area contributed by atoms with E-state index in [1.165, 1.54) is 126 Å². The highest BCUT2D eigenvalue weighted by atomic mass is 32.2. The Morgan fingerprint density at radius 2 is 0.730 bits per heavy atom. The van der Waals surface area contributed by atoms with Gasteiger partial charge in [-0.25, -0.2) is 0 Å². The SMILES string of the molecule is CCCCC(CC)COc1c(C#N)c(C#N)c(OCC(CC)CCCC)c(SC(C)(C)C)c1Sc1ccccc1N.CCCCCCCCCCCCOc1c(C#N)c(C#N)c(OCCCCCCCCCCCC)c(Sc2ccccc2N)c1SCCC. The largest absolute Gasteiger partial charge is 0.491 e. The van der Waals surface area contributed by atoms with Crippen LogP contribution in [0.2, 0.25) is 0 Å². The molecular weight excluding hydrogens is 1180 g/mol. The molecule has 0 aliphatic rings. The number of benzene rings is 4. The van der Waals surface area contributed by atoms with Gasteiger partial charge in [-0.15, -0.1) is 23.5 Å². The molecule has 0 bridgehead atoms. The topological polar surface area (TPSA) is 184 Å². The summed E-state index contributed by atoms with van der Waals surface area (Å²) in [6.07, 6.45) is 34.5. The fourth-order valence-corrected chi connectivity index (χ4v) is 14.8. The normalized spacial score (nSPS) is 11.8. The molecule has 0 spiro atoms. The van der Waals surface area contributed by atoms with Gasteiger partial charge in [-0.2, -0.15) is 21.0 Å². The van der Waals surface area contributed by atoms with Crippen molar-refractivity contribution in [2.24, 2.45) is 11.8 Å². The van der Waals surface area contributed by atoms with Gasteiger partial charge in [-0.3, -0.25) is 0 Å². The van der Waals surface area contributed by atoms with Gasteiger partial charge in [0.1, 0.15) is 46.5 Å².